The third-order valence-corrected chi connectivity index (χ3v) is 5.48. The molecule has 0 unspecified atom stereocenters. The highest BCUT2D eigenvalue weighted by Crippen LogP contribution is 2.29. The number of benzene rings is 1. The van der Waals surface area contributed by atoms with Crippen LogP contribution in [0.15, 0.2) is 18.2 Å². The van der Waals surface area contributed by atoms with Crippen molar-refractivity contribution in [3.8, 4) is 5.75 Å². The molecule has 0 saturated carbocycles. The fourth-order valence-corrected chi connectivity index (χ4v) is 4.13. The lowest BCUT2D eigenvalue weighted by Crippen LogP contribution is -2.41. The molecule has 3 rings (SSSR count). The van der Waals surface area contributed by atoms with Crippen LogP contribution in [-0.4, -0.2) is 74.1 Å². The van der Waals surface area contributed by atoms with Crippen molar-refractivity contribution in [1.29, 1.82) is 0 Å². The summed E-state index contributed by atoms with van der Waals surface area (Å²) in [7, 11) is 0. The van der Waals surface area contributed by atoms with E-state index < -0.39 is 0 Å². The first-order chi connectivity index (χ1) is 12.2. The lowest BCUT2D eigenvalue weighted by molar-refractivity contribution is 0.0264. The van der Waals surface area contributed by atoms with E-state index in [4.69, 9.17) is 21.1 Å². The highest BCUT2D eigenvalue weighted by Gasteiger charge is 2.33. The van der Waals surface area contributed by atoms with Crippen molar-refractivity contribution in [2.24, 2.45) is 11.8 Å². The van der Waals surface area contributed by atoms with Crippen LogP contribution in [0, 0.1) is 11.8 Å². The summed E-state index contributed by atoms with van der Waals surface area (Å²) in [5, 5.41) is 10.5. The fraction of sp³-hybridized carbons (Fsp3) is 0.684. The van der Waals surface area contributed by atoms with Gasteiger partial charge in [-0.05, 0) is 36.5 Å². The molecule has 2 fully saturated rings. The summed E-state index contributed by atoms with van der Waals surface area (Å²) in [5.74, 6) is 1.61. The van der Waals surface area contributed by atoms with Crippen molar-refractivity contribution >= 4 is 11.6 Å². The maximum atomic E-state index is 9.78. The Balaban J connectivity index is 1.57. The maximum Gasteiger partial charge on any atom is 0.137 e. The van der Waals surface area contributed by atoms with Gasteiger partial charge in [0.05, 0.1) is 24.8 Å². The first kappa shape index (κ1) is 18.9. The van der Waals surface area contributed by atoms with Crippen LogP contribution in [0.1, 0.15) is 12.5 Å². The third kappa shape index (κ3) is 5.08. The molecule has 1 aromatic rings. The van der Waals surface area contributed by atoms with Gasteiger partial charge >= 0.3 is 0 Å². The van der Waals surface area contributed by atoms with Crippen molar-refractivity contribution in [1.82, 2.24) is 9.80 Å². The maximum absolute atomic E-state index is 9.78. The fourth-order valence-electron chi connectivity index (χ4n) is 3.87. The zero-order chi connectivity index (χ0) is 17.6. The predicted molar refractivity (Wildman–Crippen MR) is 99.2 cm³/mol. The van der Waals surface area contributed by atoms with E-state index in [2.05, 4.69) is 15.9 Å². The minimum atomic E-state index is 0.259. The standard InChI is InChI=1S/C19H29ClN2O3/c1-2-25-19-4-3-15(9-18(19)20)10-22-12-16(17(13-22)14-23)11-21-5-7-24-8-6-21/h3-4,9,16-17,23H,2,5-8,10-14H2,1H3/t16-,17-/m1/s1. The average molecular weight is 369 g/mol. The van der Waals surface area contributed by atoms with E-state index in [1.54, 1.807) is 0 Å². The second kappa shape index (κ2) is 9.19. The topological polar surface area (TPSA) is 45.2 Å². The van der Waals surface area contributed by atoms with Crippen LogP contribution < -0.4 is 4.74 Å². The van der Waals surface area contributed by atoms with Crippen LogP contribution in [0.2, 0.25) is 5.02 Å². The second-order valence-corrected chi connectivity index (χ2v) is 7.41. The molecule has 0 aliphatic carbocycles. The molecule has 25 heavy (non-hydrogen) atoms. The number of aliphatic hydroxyl groups excluding tert-OH is 1. The summed E-state index contributed by atoms with van der Waals surface area (Å²) >= 11 is 6.31. The monoisotopic (exact) mass is 368 g/mol. The quantitative estimate of drug-likeness (QED) is 0.798. The van der Waals surface area contributed by atoms with Gasteiger partial charge in [0.25, 0.3) is 0 Å². The van der Waals surface area contributed by atoms with Crippen LogP contribution in [0.5, 0.6) is 5.75 Å². The Morgan fingerprint density at radius 1 is 1.20 bits per heavy atom. The zero-order valence-corrected chi connectivity index (χ0v) is 15.7. The summed E-state index contributed by atoms with van der Waals surface area (Å²) in [5.41, 5.74) is 1.19. The molecule has 0 radical (unpaired) electrons. The Morgan fingerprint density at radius 2 is 1.96 bits per heavy atom. The molecule has 2 saturated heterocycles. The van der Waals surface area contributed by atoms with Crippen LogP contribution in [0.3, 0.4) is 0 Å². The largest absolute Gasteiger partial charge is 0.492 e. The average Bonchev–Trinajstić information content (AvgIpc) is 2.99. The van der Waals surface area contributed by atoms with E-state index in [1.165, 1.54) is 5.56 Å². The van der Waals surface area contributed by atoms with Gasteiger partial charge in [0.2, 0.25) is 0 Å². The summed E-state index contributed by atoms with van der Waals surface area (Å²) in [6.07, 6.45) is 0. The number of aliphatic hydroxyl groups is 1. The molecule has 0 bridgehead atoms. The molecule has 140 valence electrons. The number of hydrogen-bond acceptors (Lipinski definition) is 5. The van der Waals surface area contributed by atoms with Gasteiger partial charge in [0.1, 0.15) is 5.75 Å². The summed E-state index contributed by atoms with van der Waals surface area (Å²) in [4.78, 5) is 4.89. The Labute approximate surface area is 155 Å². The first-order valence-electron chi connectivity index (χ1n) is 9.24. The molecule has 5 nitrogen and oxygen atoms in total. The smallest absolute Gasteiger partial charge is 0.137 e. The molecule has 1 N–H and O–H groups in total. The first-order valence-corrected chi connectivity index (χ1v) is 9.62. The summed E-state index contributed by atoms with van der Waals surface area (Å²) < 4.78 is 10.9. The summed E-state index contributed by atoms with van der Waals surface area (Å²) in [6.45, 7) is 10.4. The van der Waals surface area contributed by atoms with E-state index in [1.807, 2.05) is 19.1 Å². The zero-order valence-electron chi connectivity index (χ0n) is 15.0. The van der Waals surface area contributed by atoms with Gasteiger partial charge in [-0.15, -0.1) is 0 Å². The van der Waals surface area contributed by atoms with Crippen LogP contribution in [-0.2, 0) is 11.3 Å². The summed E-state index contributed by atoms with van der Waals surface area (Å²) in [6, 6.07) is 6.03. The molecule has 2 atom stereocenters. The van der Waals surface area contributed by atoms with Gasteiger partial charge in [-0.3, -0.25) is 9.80 Å². The number of morpholine rings is 1. The number of halogens is 1. The molecule has 0 amide bonds. The molecule has 2 aliphatic rings. The normalized spacial score (nSPS) is 25.4. The Bertz CT molecular complexity index is 551. The van der Waals surface area contributed by atoms with Gasteiger partial charge in [0.15, 0.2) is 0 Å². The van der Waals surface area contributed by atoms with E-state index in [0.29, 0.717) is 23.5 Å². The van der Waals surface area contributed by atoms with Crippen molar-refractivity contribution in [3.05, 3.63) is 28.8 Å². The van der Waals surface area contributed by atoms with Crippen LogP contribution >= 0.6 is 11.6 Å². The lowest BCUT2D eigenvalue weighted by atomic mass is 9.96. The highest BCUT2D eigenvalue weighted by molar-refractivity contribution is 6.32. The van der Waals surface area contributed by atoms with E-state index in [-0.39, 0.29) is 6.61 Å². The Hall–Kier alpha value is -0.850. The van der Waals surface area contributed by atoms with Crippen LogP contribution in [0.25, 0.3) is 0 Å². The molecule has 2 aliphatic heterocycles. The molecular formula is C19H29ClN2O3. The molecule has 6 heteroatoms. The van der Waals surface area contributed by atoms with Crippen molar-refractivity contribution < 1.29 is 14.6 Å². The number of hydrogen-bond donors (Lipinski definition) is 1. The van der Waals surface area contributed by atoms with Gasteiger partial charge in [-0.2, -0.15) is 0 Å². The molecular weight excluding hydrogens is 340 g/mol. The molecule has 0 aromatic heterocycles. The van der Waals surface area contributed by atoms with Gasteiger partial charge in [-0.25, -0.2) is 0 Å². The van der Waals surface area contributed by atoms with Crippen LogP contribution in [0.4, 0.5) is 0 Å². The van der Waals surface area contributed by atoms with Gasteiger partial charge < -0.3 is 14.6 Å². The van der Waals surface area contributed by atoms with Crippen molar-refractivity contribution in [3.63, 3.8) is 0 Å². The van der Waals surface area contributed by atoms with E-state index in [0.717, 1.165) is 58.2 Å². The van der Waals surface area contributed by atoms with Crippen molar-refractivity contribution in [2.45, 2.75) is 13.5 Å². The van der Waals surface area contributed by atoms with E-state index >= 15 is 0 Å². The molecule has 2 heterocycles. The molecule has 0 spiro atoms. The van der Waals surface area contributed by atoms with Gasteiger partial charge in [0, 0.05) is 45.9 Å². The third-order valence-electron chi connectivity index (χ3n) is 5.19. The van der Waals surface area contributed by atoms with Gasteiger partial charge in [-0.1, -0.05) is 17.7 Å². The minimum Gasteiger partial charge on any atom is -0.492 e. The van der Waals surface area contributed by atoms with Crippen molar-refractivity contribution in [2.75, 3.05) is 59.2 Å². The van der Waals surface area contributed by atoms with E-state index in [9.17, 15) is 5.11 Å². The Kier molecular flexibility index (Phi) is 6.96. The lowest BCUT2D eigenvalue weighted by Gasteiger charge is -2.30. The number of ether oxygens (including phenoxy) is 2. The number of likely N-dealkylation sites (tertiary alicyclic amines) is 1. The highest BCUT2D eigenvalue weighted by atomic mass is 35.5. The molecule has 1 aromatic carbocycles. The SMILES string of the molecule is CCOc1ccc(CN2C[C@@H](CN3CCOCC3)[C@@H](CO)C2)cc1Cl. The second-order valence-electron chi connectivity index (χ2n) is 7.01. The number of rotatable bonds is 7. The number of nitrogens with zero attached hydrogens (tertiary/aromatic N) is 2. The minimum absolute atomic E-state index is 0.259. The predicted octanol–water partition coefficient (Wildman–Crippen LogP) is 2.11. The Morgan fingerprint density at radius 3 is 2.64 bits per heavy atom.